The molecule has 0 atom stereocenters. The molecule has 3 rings (SSSR count). The summed E-state index contributed by atoms with van der Waals surface area (Å²) >= 11 is 0. The highest BCUT2D eigenvalue weighted by Gasteiger charge is 2.34. The van der Waals surface area contributed by atoms with E-state index in [2.05, 4.69) is 10.1 Å². The van der Waals surface area contributed by atoms with Crippen LogP contribution in [-0.4, -0.2) is 25.8 Å². The number of aryl methyl sites for hydroxylation is 1. The maximum atomic E-state index is 13.2. The molecule has 0 saturated heterocycles. The standard InChI is InChI=1S/C14H10F3N3O2/c1-20-12(8(6-19-20)13(21)22)7-5-18-10-4-2-3-9(11(7)10)14(15,16)17/h2-6,18H,1H3,(H,21,22). The van der Waals surface area contributed by atoms with E-state index in [9.17, 15) is 23.1 Å². The van der Waals surface area contributed by atoms with Crippen LogP contribution in [0, 0.1) is 0 Å². The average Bonchev–Trinajstić information content (AvgIpc) is 3.00. The molecule has 2 N–H and O–H groups in total. The minimum absolute atomic E-state index is 0.0684. The first-order valence-corrected chi connectivity index (χ1v) is 6.23. The van der Waals surface area contributed by atoms with E-state index in [0.29, 0.717) is 0 Å². The molecule has 0 fully saturated rings. The summed E-state index contributed by atoms with van der Waals surface area (Å²) in [6, 6.07) is 3.77. The number of benzene rings is 1. The van der Waals surface area contributed by atoms with Crippen molar-refractivity contribution in [2.45, 2.75) is 6.18 Å². The van der Waals surface area contributed by atoms with Crippen LogP contribution in [0.2, 0.25) is 0 Å². The number of carbonyl (C=O) groups is 1. The number of aromatic carboxylic acids is 1. The van der Waals surface area contributed by atoms with Gasteiger partial charge in [0.05, 0.1) is 17.5 Å². The van der Waals surface area contributed by atoms with E-state index in [1.807, 2.05) is 0 Å². The fourth-order valence-corrected chi connectivity index (χ4v) is 2.52. The van der Waals surface area contributed by atoms with Gasteiger partial charge in [-0.05, 0) is 12.1 Å². The van der Waals surface area contributed by atoms with Crippen molar-refractivity contribution >= 4 is 16.9 Å². The molecule has 0 unspecified atom stereocenters. The molecule has 5 nitrogen and oxygen atoms in total. The van der Waals surface area contributed by atoms with Crippen LogP contribution in [-0.2, 0) is 13.2 Å². The summed E-state index contributed by atoms with van der Waals surface area (Å²) in [5.74, 6) is -1.25. The third-order valence-electron chi connectivity index (χ3n) is 3.44. The second kappa shape index (κ2) is 4.62. The summed E-state index contributed by atoms with van der Waals surface area (Å²) < 4.78 is 40.9. The Bertz CT molecular complexity index is 877. The van der Waals surface area contributed by atoms with Gasteiger partial charge in [-0.1, -0.05) is 6.07 Å². The van der Waals surface area contributed by atoms with Crippen molar-refractivity contribution in [1.29, 1.82) is 0 Å². The van der Waals surface area contributed by atoms with Crippen molar-refractivity contribution in [1.82, 2.24) is 14.8 Å². The molecule has 0 aliphatic heterocycles. The molecule has 3 aromatic rings. The van der Waals surface area contributed by atoms with Gasteiger partial charge in [0.25, 0.3) is 0 Å². The Morgan fingerprint density at radius 1 is 1.36 bits per heavy atom. The molecule has 0 saturated carbocycles. The van der Waals surface area contributed by atoms with Crippen molar-refractivity contribution in [2.24, 2.45) is 7.05 Å². The molecule has 0 radical (unpaired) electrons. The topological polar surface area (TPSA) is 70.9 Å². The number of H-pyrrole nitrogens is 1. The van der Waals surface area contributed by atoms with Crippen molar-refractivity contribution < 1.29 is 23.1 Å². The second-order valence-electron chi connectivity index (χ2n) is 4.76. The van der Waals surface area contributed by atoms with Crippen molar-refractivity contribution in [3.8, 4) is 11.3 Å². The van der Waals surface area contributed by atoms with Crippen LogP contribution in [0.4, 0.5) is 13.2 Å². The molecule has 0 spiro atoms. The lowest BCUT2D eigenvalue weighted by Crippen LogP contribution is -2.06. The van der Waals surface area contributed by atoms with Gasteiger partial charge in [0.2, 0.25) is 0 Å². The Morgan fingerprint density at radius 3 is 2.73 bits per heavy atom. The molecule has 0 aliphatic rings. The van der Waals surface area contributed by atoms with Gasteiger partial charge in [-0.25, -0.2) is 4.79 Å². The third-order valence-corrected chi connectivity index (χ3v) is 3.44. The van der Waals surface area contributed by atoms with Crippen LogP contribution >= 0.6 is 0 Å². The average molecular weight is 309 g/mol. The highest BCUT2D eigenvalue weighted by molar-refractivity contribution is 6.03. The fourth-order valence-electron chi connectivity index (χ4n) is 2.52. The van der Waals surface area contributed by atoms with Gasteiger partial charge in [0, 0.05) is 29.7 Å². The first-order chi connectivity index (χ1) is 10.3. The van der Waals surface area contributed by atoms with Gasteiger partial charge in [-0.15, -0.1) is 0 Å². The summed E-state index contributed by atoms with van der Waals surface area (Å²) in [5.41, 5.74) is -0.419. The van der Waals surface area contributed by atoms with Crippen molar-refractivity contribution in [2.75, 3.05) is 0 Å². The van der Waals surface area contributed by atoms with Crippen LogP contribution in [0.25, 0.3) is 22.2 Å². The van der Waals surface area contributed by atoms with Gasteiger partial charge >= 0.3 is 12.1 Å². The summed E-state index contributed by atoms with van der Waals surface area (Å²) in [6.45, 7) is 0. The monoisotopic (exact) mass is 309 g/mol. The zero-order valence-corrected chi connectivity index (χ0v) is 11.3. The number of aromatic amines is 1. The molecule has 22 heavy (non-hydrogen) atoms. The Labute approximate surface area is 122 Å². The molecule has 0 amide bonds. The lowest BCUT2D eigenvalue weighted by Gasteiger charge is -2.10. The Balaban J connectivity index is 2.39. The van der Waals surface area contributed by atoms with Crippen molar-refractivity contribution in [3.63, 3.8) is 0 Å². The molecule has 2 aromatic heterocycles. The number of hydrogen-bond acceptors (Lipinski definition) is 2. The summed E-state index contributed by atoms with van der Waals surface area (Å²) in [4.78, 5) is 14.0. The number of fused-ring (bicyclic) bond motifs is 1. The Kier molecular flexibility index (Phi) is 2.98. The lowest BCUT2D eigenvalue weighted by atomic mass is 10.0. The van der Waals surface area contributed by atoms with E-state index in [0.717, 1.165) is 12.3 Å². The molecular weight excluding hydrogens is 299 g/mol. The molecule has 1 aromatic carbocycles. The highest BCUT2D eigenvalue weighted by Crippen LogP contribution is 2.40. The fraction of sp³-hybridized carbons (Fsp3) is 0.143. The van der Waals surface area contributed by atoms with Crippen LogP contribution in [0.15, 0.2) is 30.6 Å². The normalized spacial score (nSPS) is 12.0. The first kappa shape index (κ1) is 14.2. The van der Waals surface area contributed by atoms with E-state index in [4.69, 9.17) is 0 Å². The summed E-state index contributed by atoms with van der Waals surface area (Å²) in [7, 11) is 1.48. The van der Waals surface area contributed by atoms with Gasteiger partial charge in [-0.2, -0.15) is 18.3 Å². The van der Waals surface area contributed by atoms with Gasteiger partial charge in [-0.3, -0.25) is 4.68 Å². The molecule has 0 aliphatic carbocycles. The Hall–Kier alpha value is -2.77. The van der Waals surface area contributed by atoms with Gasteiger partial charge in [0.15, 0.2) is 0 Å². The summed E-state index contributed by atoms with van der Waals surface area (Å²) in [6.07, 6.45) is -2.06. The predicted octanol–water partition coefficient (Wildman–Crippen LogP) is 3.29. The van der Waals surface area contributed by atoms with Crippen molar-refractivity contribution in [3.05, 3.63) is 41.7 Å². The molecule has 114 valence electrons. The first-order valence-electron chi connectivity index (χ1n) is 6.23. The van der Waals surface area contributed by atoms with Gasteiger partial charge < -0.3 is 10.1 Å². The van der Waals surface area contributed by atoms with E-state index in [-0.39, 0.29) is 27.7 Å². The third kappa shape index (κ3) is 2.03. The molecule has 2 heterocycles. The second-order valence-corrected chi connectivity index (χ2v) is 4.76. The maximum absolute atomic E-state index is 13.2. The number of alkyl halides is 3. The van der Waals surface area contributed by atoms with Crippen LogP contribution in [0.3, 0.4) is 0 Å². The van der Waals surface area contributed by atoms with E-state index in [1.54, 1.807) is 0 Å². The molecular formula is C14H10F3N3O2. The molecule has 8 heteroatoms. The number of carboxylic acid groups (broad SMARTS) is 1. The van der Waals surface area contributed by atoms with Gasteiger partial charge in [0.1, 0.15) is 5.56 Å². The number of hydrogen-bond donors (Lipinski definition) is 2. The zero-order valence-electron chi connectivity index (χ0n) is 11.3. The zero-order chi connectivity index (χ0) is 16.1. The minimum Gasteiger partial charge on any atom is -0.478 e. The lowest BCUT2D eigenvalue weighted by molar-refractivity contribution is -0.136. The smallest absolute Gasteiger partial charge is 0.417 e. The summed E-state index contributed by atoms with van der Waals surface area (Å²) in [5, 5.41) is 13.0. The number of halogens is 3. The van der Waals surface area contributed by atoms with E-state index < -0.39 is 17.7 Å². The number of nitrogens with zero attached hydrogens (tertiary/aromatic N) is 2. The quantitative estimate of drug-likeness (QED) is 0.763. The predicted molar refractivity (Wildman–Crippen MR) is 72.5 cm³/mol. The minimum atomic E-state index is -4.54. The van der Waals surface area contributed by atoms with Crippen LogP contribution in [0.5, 0.6) is 0 Å². The van der Waals surface area contributed by atoms with Crippen LogP contribution < -0.4 is 0 Å². The van der Waals surface area contributed by atoms with Crippen LogP contribution in [0.1, 0.15) is 15.9 Å². The van der Waals surface area contributed by atoms with E-state index >= 15 is 0 Å². The number of nitrogens with one attached hydrogen (secondary N) is 1. The Morgan fingerprint density at radius 2 is 2.09 bits per heavy atom. The SMILES string of the molecule is Cn1ncc(C(=O)O)c1-c1c[nH]c2cccc(C(F)(F)F)c12. The van der Waals surface area contributed by atoms with E-state index in [1.165, 1.54) is 30.1 Å². The largest absolute Gasteiger partial charge is 0.478 e. The maximum Gasteiger partial charge on any atom is 0.417 e. The number of aromatic nitrogens is 3. The highest BCUT2D eigenvalue weighted by atomic mass is 19.4. The molecule has 0 bridgehead atoms. The number of rotatable bonds is 2. The number of carboxylic acids is 1.